The van der Waals surface area contributed by atoms with E-state index in [9.17, 15) is 18.3 Å². The Morgan fingerprint density at radius 1 is 1.33 bits per heavy atom. The minimum atomic E-state index is -3.71. The van der Waals surface area contributed by atoms with E-state index in [1.807, 2.05) is 6.92 Å². The lowest BCUT2D eigenvalue weighted by Gasteiger charge is -2.36. The second-order valence-electron chi connectivity index (χ2n) is 5.32. The predicted molar refractivity (Wildman–Crippen MR) is 76.3 cm³/mol. The minimum Gasteiger partial charge on any atom is -0.481 e. The number of aliphatic hydroxyl groups excluding tert-OH is 1. The molecule has 0 aliphatic carbocycles. The van der Waals surface area contributed by atoms with Gasteiger partial charge in [-0.15, -0.1) is 0 Å². The van der Waals surface area contributed by atoms with E-state index < -0.39 is 28.0 Å². The molecular formula is C14H19NO5S. The maximum Gasteiger partial charge on any atom is 0.306 e. The fourth-order valence-corrected chi connectivity index (χ4v) is 4.22. The lowest BCUT2D eigenvalue weighted by atomic mass is 9.93. The van der Waals surface area contributed by atoms with Crippen molar-refractivity contribution in [3.63, 3.8) is 0 Å². The number of hydrogen-bond donors (Lipinski definition) is 2. The molecule has 1 fully saturated rings. The second kappa shape index (κ2) is 6.13. The zero-order valence-electron chi connectivity index (χ0n) is 11.8. The molecule has 7 heteroatoms. The summed E-state index contributed by atoms with van der Waals surface area (Å²) in [5, 5.41) is 18.5. The summed E-state index contributed by atoms with van der Waals surface area (Å²) in [6.45, 7) is 1.60. The fourth-order valence-electron chi connectivity index (χ4n) is 2.58. The molecule has 0 bridgehead atoms. The van der Waals surface area contributed by atoms with Gasteiger partial charge in [0.15, 0.2) is 0 Å². The van der Waals surface area contributed by atoms with E-state index in [4.69, 9.17) is 5.11 Å². The highest BCUT2D eigenvalue weighted by Gasteiger charge is 2.38. The maximum atomic E-state index is 12.6. The molecule has 0 saturated carbocycles. The summed E-state index contributed by atoms with van der Waals surface area (Å²) in [7, 11) is -3.71. The Labute approximate surface area is 124 Å². The van der Waals surface area contributed by atoms with Crippen molar-refractivity contribution < 1.29 is 23.4 Å². The van der Waals surface area contributed by atoms with Crippen LogP contribution in [0.5, 0.6) is 0 Å². The first-order valence-electron chi connectivity index (χ1n) is 6.78. The van der Waals surface area contributed by atoms with Crippen LogP contribution < -0.4 is 0 Å². The molecular weight excluding hydrogens is 294 g/mol. The van der Waals surface area contributed by atoms with E-state index in [0.29, 0.717) is 0 Å². The Balaban J connectivity index is 2.27. The van der Waals surface area contributed by atoms with Gasteiger partial charge in [-0.1, -0.05) is 17.7 Å². The molecule has 0 radical (unpaired) electrons. The van der Waals surface area contributed by atoms with Gasteiger partial charge in [0, 0.05) is 12.6 Å². The molecule has 2 rings (SSSR count). The number of sulfonamides is 1. The molecule has 1 aromatic carbocycles. The lowest BCUT2D eigenvalue weighted by molar-refractivity contribution is -0.143. The largest absolute Gasteiger partial charge is 0.481 e. The molecule has 1 heterocycles. The summed E-state index contributed by atoms with van der Waals surface area (Å²) in [5.41, 5.74) is 0.956. The number of carbonyl (C=O) groups is 1. The molecule has 0 spiro atoms. The van der Waals surface area contributed by atoms with E-state index in [2.05, 4.69) is 0 Å². The number of benzene rings is 1. The van der Waals surface area contributed by atoms with Gasteiger partial charge < -0.3 is 10.2 Å². The van der Waals surface area contributed by atoms with Crippen LogP contribution in [-0.4, -0.2) is 48.1 Å². The number of carboxylic acid groups (broad SMARTS) is 1. The summed E-state index contributed by atoms with van der Waals surface area (Å²) in [6.07, 6.45) is 0.397. The van der Waals surface area contributed by atoms with E-state index >= 15 is 0 Å². The molecule has 1 aliphatic rings. The van der Waals surface area contributed by atoms with Gasteiger partial charge in [-0.3, -0.25) is 4.79 Å². The summed E-state index contributed by atoms with van der Waals surface area (Å²) < 4.78 is 26.4. The van der Waals surface area contributed by atoms with Crippen molar-refractivity contribution in [2.24, 2.45) is 5.92 Å². The zero-order valence-corrected chi connectivity index (χ0v) is 12.6. The van der Waals surface area contributed by atoms with Crippen LogP contribution in [0.1, 0.15) is 18.4 Å². The van der Waals surface area contributed by atoms with Gasteiger partial charge in [-0.05, 0) is 31.9 Å². The quantitative estimate of drug-likeness (QED) is 0.859. The van der Waals surface area contributed by atoms with Crippen LogP contribution in [0.3, 0.4) is 0 Å². The molecule has 0 aromatic heterocycles. The highest BCUT2D eigenvalue weighted by Crippen LogP contribution is 2.28. The van der Waals surface area contributed by atoms with Gasteiger partial charge in [-0.25, -0.2) is 8.42 Å². The third-order valence-electron chi connectivity index (χ3n) is 3.85. The topological polar surface area (TPSA) is 94.9 Å². The molecule has 1 aliphatic heterocycles. The van der Waals surface area contributed by atoms with Gasteiger partial charge in [0.25, 0.3) is 0 Å². The van der Waals surface area contributed by atoms with Gasteiger partial charge >= 0.3 is 5.97 Å². The van der Waals surface area contributed by atoms with E-state index in [1.165, 1.54) is 16.4 Å². The van der Waals surface area contributed by atoms with E-state index in [0.717, 1.165) is 5.56 Å². The first-order valence-corrected chi connectivity index (χ1v) is 8.22. The highest BCUT2D eigenvalue weighted by atomic mass is 32.2. The summed E-state index contributed by atoms with van der Waals surface area (Å²) in [6, 6.07) is 5.80. The van der Waals surface area contributed by atoms with Crippen molar-refractivity contribution >= 4 is 16.0 Å². The molecule has 1 saturated heterocycles. The van der Waals surface area contributed by atoms with Gasteiger partial charge in [0.05, 0.1) is 17.4 Å². The maximum absolute atomic E-state index is 12.6. The monoisotopic (exact) mass is 313 g/mol. The van der Waals surface area contributed by atoms with Gasteiger partial charge in [-0.2, -0.15) is 4.31 Å². The molecule has 2 N–H and O–H groups in total. The van der Waals surface area contributed by atoms with Crippen LogP contribution >= 0.6 is 0 Å². The smallest absolute Gasteiger partial charge is 0.306 e. The van der Waals surface area contributed by atoms with Crippen molar-refractivity contribution in [1.82, 2.24) is 4.31 Å². The van der Waals surface area contributed by atoms with Crippen LogP contribution in [0.2, 0.25) is 0 Å². The van der Waals surface area contributed by atoms with E-state index in [1.54, 1.807) is 12.1 Å². The number of aliphatic carboxylic acids is 1. The van der Waals surface area contributed by atoms with Crippen molar-refractivity contribution in [3.05, 3.63) is 29.8 Å². The third kappa shape index (κ3) is 3.25. The molecule has 21 heavy (non-hydrogen) atoms. The van der Waals surface area contributed by atoms with Crippen LogP contribution in [0, 0.1) is 12.8 Å². The van der Waals surface area contributed by atoms with Crippen LogP contribution in [-0.2, 0) is 14.8 Å². The molecule has 0 amide bonds. The molecule has 0 unspecified atom stereocenters. The van der Waals surface area contributed by atoms with Crippen molar-refractivity contribution in [2.45, 2.75) is 30.7 Å². The Bertz CT molecular complexity index is 611. The predicted octanol–water partition coefficient (Wildman–Crippen LogP) is 0.841. The SMILES string of the molecule is Cc1ccc(S(=O)(=O)N2CC[C@@H](C(=O)O)C[C@@H]2CO)cc1. The summed E-state index contributed by atoms with van der Waals surface area (Å²) in [4.78, 5) is 11.2. The molecule has 116 valence electrons. The van der Waals surface area contributed by atoms with Gasteiger partial charge in [0.1, 0.15) is 0 Å². The minimum absolute atomic E-state index is 0.110. The van der Waals surface area contributed by atoms with Crippen molar-refractivity contribution in [1.29, 1.82) is 0 Å². The fraction of sp³-hybridized carbons (Fsp3) is 0.500. The Morgan fingerprint density at radius 2 is 1.95 bits per heavy atom. The first kappa shape index (κ1) is 15.9. The number of aryl methyl sites for hydroxylation is 1. The Kier molecular flexibility index (Phi) is 4.65. The number of rotatable bonds is 4. The average Bonchev–Trinajstić information content (AvgIpc) is 2.46. The third-order valence-corrected chi connectivity index (χ3v) is 5.82. The number of carboxylic acids is 1. The molecule has 6 nitrogen and oxygen atoms in total. The number of hydrogen-bond acceptors (Lipinski definition) is 4. The lowest BCUT2D eigenvalue weighted by Crippen LogP contribution is -2.49. The van der Waals surface area contributed by atoms with Crippen LogP contribution in [0.4, 0.5) is 0 Å². The number of nitrogens with zero attached hydrogens (tertiary/aromatic N) is 1. The van der Waals surface area contributed by atoms with Crippen LogP contribution in [0.15, 0.2) is 29.2 Å². The first-order chi connectivity index (χ1) is 9.86. The Morgan fingerprint density at radius 3 is 2.48 bits per heavy atom. The number of aliphatic hydroxyl groups is 1. The van der Waals surface area contributed by atoms with Gasteiger partial charge in [0.2, 0.25) is 10.0 Å². The van der Waals surface area contributed by atoms with E-state index in [-0.39, 0.29) is 30.9 Å². The summed E-state index contributed by atoms with van der Waals surface area (Å²) in [5.74, 6) is -1.55. The molecule has 2 atom stereocenters. The normalized spacial score (nSPS) is 23.9. The van der Waals surface area contributed by atoms with Crippen molar-refractivity contribution in [3.8, 4) is 0 Å². The second-order valence-corrected chi connectivity index (χ2v) is 7.22. The summed E-state index contributed by atoms with van der Waals surface area (Å²) >= 11 is 0. The zero-order chi connectivity index (χ0) is 15.6. The van der Waals surface area contributed by atoms with Crippen molar-refractivity contribution in [2.75, 3.05) is 13.2 Å². The number of piperidine rings is 1. The van der Waals surface area contributed by atoms with Crippen LogP contribution in [0.25, 0.3) is 0 Å². The highest BCUT2D eigenvalue weighted by molar-refractivity contribution is 7.89. The standard InChI is InChI=1S/C14H19NO5S/c1-10-2-4-13(5-3-10)21(19,20)15-7-6-11(14(17)18)8-12(15)9-16/h2-5,11-12,16H,6-9H2,1H3,(H,17,18)/t11-,12-/m1/s1. The molecule has 1 aromatic rings. The average molecular weight is 313 g/mol. The Hall–Kier alpha value is -1.44.